The Morgan fingerprint density at radius 1 is 1.07 bits per heavy atom. The predicted molar refractivity (Wildman–Crippen MR) is 111 cm³/mol. The molecule has 1 aliphatic heterocycles. The second kappa shape index (κ2) is 7.99. The lowest BCUT2D eigenvalue weighted by molar-refractivity contribution is -0.132. The molecule has 3 aromatic rings. The van der Waals surface area contributed by atoms with Crippen LogP contribution in [0.5, 0.6) is 0 Å². The fourth-order valence-electron chi connectivity index (χ4n) is 4.23. The van der Waals surface area contributed by atoms with Gasteiger partial charge in [-0.05, 0) is 55.7 Å². The second-order valence-corrected chi connectivity index (χ2v) is 7.78. The van der Waals surface area contributed by atoms with Crippen molar-refractivity contribution in [2.75, 3.05) is 13.1 Å². The number of benzene rings is 2. The zero-order chi connectivity index (χ0) is 18.6. The first-order valence-electron chi connectivity index (χ1n) is 10.1. The predicted octanol–water partition coefficient (Wildman–Crippen LogP) is 5.21. The molecular formula is C24H28N2O. The van der Waals surface area contributed by atoms with Gasteiger partial charge in [-0.25, -0.2) is 0 Å². The number of rotatable bonds is 5. The van der Waals surface area contributed by atoms with E-state index in [4.69, 9.17) is 0 Å². The van der Waals surface area contributed by atoms with Crippen molar-refractivity contribution in [3.8, 4) is 0 Å². The smallest absolute Gasteiger partial charge is 0.222 e. The topological polar surface area (TPSA) is 36.1 Å². The first kappa shape index (κ1) is 17.8. The number of piperidine rings is 1. The summed E-state index contributed by atoms with van der Waals surface area (Å²) in [6.07, 6.45) is 6.76. The van der Waals surface area contributed by atoms with Crippen LogP contribution in [0.4, 0.5) is 0 Å². The number of para-hydroxylation sites is 1. The Bertz CT molecular complexity index is 902. The number of H-pyrrole nitrogens is 1. The summed E-state index contributed by atoms with van der Waals surface area (Å²) in [5.74, 6) is 0.915. The van der Waals surface area contributed by atoms with Crippen molar-refractivity contribution in [2.24, 2.45) is 0 Å². The van der Waals surface area contributed by atoms with Gasteiger partial charge in [0.2, 0.25) is 5.91 Å². The minimum absolute atomic E-state index is 0.317. The molecule has 3 nitrogen and oxygen atoms in total. The highest BCUT2D eigenvalue weighted by molar-refractivity contribution is 5.83. The molecule has 2 aromatic carbocycles. The average molecular weight is 361 g/mol. The average Bonchev–Trinajstić information content (AvgIpc) is 3.12. The summed E-state index contributed by atoms with van der Waals surface area (Å²) in [4.78, 5) is 18.0. The SMILES string of the molecule is Cc1ccc(C2CCN(C(=O)CCCc3c[nH]c4ccccc34)CC2)cc1. The number of amides is 1. The Labute approximate surface area is 161 Å². The van der Waals surface area contributed by atoms with Gasteiger partial charge in [-0.2, -0.15) is 0 Å². The maximum Gasteiger partial charge on any atom is 0.222 e. The Kier molecular flexibility index (Phi) is 5.28. The van der Waals surface area contributed by atoms with Crippen LogP contribution >= 0.6 is 0 Å². The summed E-state index contributed by atoms with van der Waals surface area (Å²) in [6.45, 7) is 3.91. The van der Waals surface area contributed by atoms with E-state index in [9.17, 15) is 4.79 Å². The van der Waals surface area contributed by atoms with Crippen LogP contribution in [0.3, 0.4) is 0 Å². The molecule has 27 heavy (non-hydrogen) atoms. The number of fused-ring (bicyclic) bond motifs is 1. The van der Waals surface area contributed by atoms with Crippen LogP contribution in [-0.4, -0.2) is 28.9 Å². The normalized spacial score (nSPS) is 15.4. The number of hydrogen-bond donors (Lipinski definition) is 1. The van der Waals surface area contributed by atoms with Gasteiger partial charge in [-0.1, -0.05) is 48.0 Å². The van der Waals surface area contributed by atoms with Gasteiger partial charge >= 0.3 is 0 Å². The number of aromatic amines is 1. The van der Waals surface area contributed by atoms with Crippen LogP contribution in [-0.2, 0) is 11.2 Å². The fraction of sp³-hybridized carbons (Fsp3) is 0.375. The van der Waals surface area contributed by atoms with Crippen LogP contribution < -0.4 is 0 Å². The molecule has 1 fully saturated rings. The number of likely N-dealkylation sites (tertiary alicyclic amines) is 1. The summed E-state index contributed by atoms with van der Waals surface area (Å²) in [6, 6.07) is 17.3. The van der Waals surface area contributed by atoms with Crippen molar-refractivity contribution in [3.05, 3.63) is 71.4 Å². The van der Waals surface area contributed by atoms with Crippen molar-refractivity contribution in [1.82, 2.24) is 9.88 Å². The maximum atomic E-state index is 12.6. The third-order valence-electron chi connectivity index (χ3n) is 5.91. The second-order valence-electron chi connectivity index (χ2n) is 7.78. The van der Waals surface area contributed by atoms with E-state index in [-0.39, 0.29) is 0 Å². The van der Waals surface area contributed by atoms with Gasteiger partial charge in [0.25, 0.3) is 0 Å². The fourth-order valence-corrected chi connectivity index (χ4v) is 4.23. The first-order chi connectivity index (χ1) is 13.2. The number of aromatic nitrogens is 1. The molecule has 0 unspecified atom stereocenters. The molecule has 0 saturated carbocycles. The highest BCUT2D eigenvalue weighted by atomic mass is 16.2. The van der Waals surface area contributed by atoms with Crippen molar-refractivity contribution < 1.29 is 4.79 Å². The zero-order valence-corrected chi connectivity index (χ0v) is 16.1. The summed E-state index contributed by atoms with van der Waals surface area (Å²) < 4.78 is 0. The van der Waals surface area contributed by atoms with Crippen LogP contribution in [0.1, 0.15) is 48.3 Å². The Balaban J connectivity index is 1.25. The van der Waals surface area contributed by atoms with Gasteiger partial charge in [-0.15, -0.1) is 0 Å². The number of carbonyl (C=O) groups excluding carboxylic acids is 1. The third-order valence-corrected chi connectivity index (χ3v) is 5.91. The van der Waals surface area contributed by atoms with E-state index in [1.54, 1.807) is 0 Å². The van der Waals surface area contributed by atoms with Crippen molar-refractivity contribution in [1.29, 1.82) is 0 Å². The number of nitrogens with one attached hydrogen (secondary N) is 1. The number of hydrogen-bond acceptors (Lipinski definition) is 1. The molecule has 1 aliphatic rings. The quantitative estimate of drug-likeness (QED) is 0.666. The van der Waals surface area contributed by atoms with Crippen LogP contribution in [0, 0.1) is 6.92 Å². The Morgan fingerprint density at radius 3 is 2.59 bits per heavy atom. The minimum Gasteiger partial charge on any atom is -0.361 e. The van der Waals surface area contributed by atoms with Crippen LogP contribution in [0.25, 0.3) is 10.9 Å². The van der Waals surface area contributed by atoms with Gasteiger partial charge in [-0.3, -0.25) is 4.79 Å². The lowest BCUT2D eigenvalue weighted by Gasteiger charge is -2.32. The lowest BCUT2D eigenvalue weighted by Crippen LogP contribution is -2.37. The molecule has 0 bridgehead atoms. The maximum absolute atomic E-state index is 12.6. The molecule has 1 saturated heterocycles. The molecule has 1 N–H and O–H groups in total. The van der Waals surface area contributed by atoms with Crippen LogP contribution in [0.2, 0.25) is 0 Å². The molecule has 1 amide bonds. The summed E-state index contributed by atoms with van der Waals surface area (Å²) in [7, 11) is 0. The highest BCUT2D eigenvalue weighted by Crippen LogP contribution is 2.28. The first-order valence-corrected chi connectivity index (χ1v) is 10.1. The van der Waals surface area contributed by atoms with Gasteiger partial charge < -0.3 is 9.88 Å². The van der Waals surface area contributed by atoms with Crippen LogP contribution in [0.15, 0.2) is 54.7 Å². The molecule has 4 rings (SSSR count). The monoisotopic (exact) mass is 360 g/mol. The Hall–Kier alpha value is -2.55. The number of carbonyl (C=O) groups is 1. The largest absolute Gasteiger partial charge is 0.361 e. The van der Waals surface area contributed by atoms with E-state index < -0.39 is 0 Å². The molecule has 0 aliphatic carbocycles. The summed E-state index contributed by atoms with van der Waals surface area (Å²) in [5.41, 5.74) is 5.22. The molecule has 1 aromatic heterocycles. The van der Waals surface area contributed by atoms with E-state index >= 15 is 0 Å². The summed E-state index contributed by atoms with van der Waals surface area (Å²) >= 11 is 0. The van der Waals surface area contributed by atoms with E-state index in [0.29, 0.717) is 18.2 Å². The molecule has 0 atom stereocenters. The number of aryl methyl sites for hydroxylation is 2. The van der Waals surface area contributed by atoms with Gasteiger partial charge in [0.1, 0.15) is 0 Å². The molecule has 0 spiro atoms. The lowest BCUT2D eigenvalue weighted by atomic mass is 9.89. The molecular weight excluding hydrogens is 332 g/mol. The molecule has 140 valence electrons. The highest BCUT2D eigenvalue weighted by Gasteiger charge is 2.23. The molecule has 0 radical (unpaired) electrons. The summed E-state index contributed by atoms with van der Waals surface area (Å²) in [5, 5.41) is 1.28. The van der Waals surface area contributed by atoms with E-state index in [1.165, 1.54) is 27.6 Å². The van der Waals surface area contributed by atoms with E-state index in [2.05, 4.69) is 65.5 Å². The van der Waals surface area contributed by atoms with Gasteiger partial charge in [0.05, 0.1) is 0 Å². The van der Waals surface area contributed by atoms with Crippen molar-refractivity contribution >= 4 is 16.8 Å². The van der Waals surface area contributed by atoms with Crippen molar-refractivity contribution in [2.45, 2.75) is 44.9 Å². The molecule has 2 heterocycles. The zero-order valence-electron chi connectivity index (χ0n) is 16.1. The third kappa shape index (κ3) is 4.08. The van der Waals surface area contributed by atoms with Crippen molar-refractivity contribution in [3.63, 3.8) is 0 Å². The number of nitrogens with zero attached hydrogens (tertiary/aromatic N) is 1. The Morgan fingerprint density at radius 2 is 1.81 bits per heavy atom. The standard InChI is InChI=1S/C24H28N2O/c1-18-9-11-19(12-10-18)20-13-15-26(16-14-20)24(27)8-4-5-21-17-25-23-7-3-2-6-22(21)23/h2-3,6-7,9-12,17,20,25H,4-5,8,13-16H2,1H3. The molecule has 3 heteroatoms. The van der Waals surface area contributed by atoms with Gasteiger partial charge in [0, 0.05) is 36.6 Å². The van der Waals surface area contributed by atoms with E-state index in [1.807, 2.05) is 6.07 Å². The van der Waals surface area contributed by atoms with E-state index in [0.717, 1.165) is 38.8 Å². The van der Waals surface area contributed by atoms with Gasteiger partial charge in [0.15, 0.2) is 0 Å². The minimum atomic E-state index is 0.317.